The van der Waals surface area contributed by atoms with Crippen molar-refractivity contribution in [2.75, 3.05) is 33.9 Å². The molecule has 0 unspecified atom stereocenters. The Kier molecular flexibility index (Phi) is 6.73. The molecule has 1 rings (SSSR count). The molecule has 0 atom stereocenters. The Morgan fingerprint density at radius 1 is 1.20 bits per heavy atom. The van der Waals surface area contributed by atoms with Gasteiger partial charge in [-0.3, -0.25) is 9.59 Å². The molecule has 20 heavy (non-hydrogen) atoms. The monoisotopic (exact) mass is 279 g/mol. The van der Waals surface area contributed by atoms with Crippen LogP contribution in [-0.2, 0) is 14.3 Å². The number of carbonyl (C=O) groups excluding carboxylic acids is 2. The lowest BCUT2D eigenvalue weighted by Crippen LogP contribution is -2.35. The minimum Gasteiger partial charge on any atom is -0.469 e. The summed E-state index contributed by atoms with van der Waals surface area (Å²) < 4.78 is 9.61. The van der Waals surface area contributed by atoms with Crippen molar-refractivity contribution in [3.05, 3.63) is 35.4 Å². The Morgan fingerprint density at radius 3 is 2.55 bits per heavy atom. The predicted octanol–water partition coefficient (Wildman–Crippen LogP) is 1.65. The molecule has 0 radical (unpaired) electrons. The van der Waals surface area contributed by atoms with Crippen molar-refractivity contribution in [3.63, 3.8) is 0 Å². The fraction of sp³-hybridized carbons (Fsp3) is 0.467. The molecule has 0 aliphatic carbocycles. The quantitative estimate of drug-likeness (QED) is 0.712. The van der Waals surface area contributed by atoms with Crippen LogP contribution in [0.5, 0.6) is 0 Å². The molecule has 0 bridgehead atoms. The average Bonchev–Trinajstić information content (AvgIpc) is 2.46. The summed E-state index contributed by atoms with van der Waals surface area (Å²) in [5, 5.41) is 0. The van der Waals surface area contributed by atoms with E-state index in [0.717, 1.165) is 5.56 Å². The summed E-state index contributed by atoms with van der Waals surface area (Å²) in [6.45, 7) is 3.13. The topological polar surface area (TPSA) is 55.8 Å². The Morgan fingerprint density at radius 2 is 1.95 bits per heavy atom. The Hall–Kier alpha value is -1.88. The summed E-state index contributed by atoms with van der Waals surface area (Å²) in [6, 6.07) is 7.38. The molecule has 1 aromatic rings. The number of aryl methyl sites for hydroxylation is 1. The fourth-order valence-corrected chi connectivity index (χ4v) is 1.81. The zero-order chi connectivity index (χ0) is 15.0. The highest BCUT2D eigenvalue weighted by Crippen LogP contribution is 2.08. The van der Waals surface area contributed by atoms with Crippen LogP contribution in [0.4, 0.5) is 0 Å². The van der Waals surface area contributed by atoms with Gasteiger partial charge in [0.2, 0.25) is 0 Å². The first-order valence-corrected chi connectivity index (χ1v) is 6.50. The molecule has 0 aromatic heterocycles. The summed E-state index contributed by atoms with van der Waals surface area (Å²) >= 11 is 0. The van der Waals surface area contributed by atoms with Gasteiger partial charge < -0.3 is 14.4 Å². The van der Waals surface area contributed by atoms with E-state index in [1.165, 1.54) is 7.11 Å². The Bertz CT molecular complexity index is 459. The van der Waals surface area contributed by atoms with E-state index in [4.69, 9.17) is 4.74 Å². The Labute approximate surface area is 119 Å². The van der Waals surface area contributed by atoms with E-state index < -0.39 is 0 Å². The van der Waals surface area contributed by atoms with E-state index in [-0.39, 0.29) is 18.3 Å². The number of esters is 1. The smallest absolute Gasteiger partial charge is 0.307 e. The van der Waals surface area contributed by atoms with Crippen LogP contribution in [-0.4, -0.2) is 50.7 Å². The van der Waals surface area contributed by atoms with Crippen LogP contribution in [0, 0.1) is 6.92 Å². The molecule has 1 aromatic carbocycles. The van der Waals surface area contributed by atoms with Gasteiger partial charge in [-0.25, -0.2) is 0 Å². The maximum absolute atomic E-state index is 12.4. The van der Waals surface area contributed by atoms with Gasteiger partial charge in [0, 0.05) is 25.8 Å². The first-order chi connectivity index (χ1) is 9.58. The average molecular weight is 279 g/mol. The normalized spacial score (nSPS) is 10.2. The molecule has 0 saturated heterocycles. The molecule has 0 fully saturated rings. The molecule has 110 valence electrons. The first-order valence-electron chi connectivity index (χ1n) is 6.50. The number of carbonyl (C=O) groups is 2. The van der Waals surface area contributed by atoms with E-state index in [0.29, 0.717) is 25.3 Å². The second-order valence-corrected chi connectivity index (χ2v) is 4.48. The molecular weight excluding hydrogens is 258 g/mol. The van der Waals surface area contributed by atoms with Gasteiger partial charge in [0.1, 0.15) is 0 Å². The van der Waals surface area contributed by atoms with Gasteiger partial charge in [-0.15, -0.1) is 0 Å². The number of amides is 1. The second kappa shape index (κ2) is 8.32. The van der Waals surface area contributed by atoms with Crippen molar-refractivity contribution in [1.29, 1.82) is 0 Å². The van der Waals surface area contributed by atoms with E-state index in [2.05, 4.69) is 4.74 Å². The van der Waals surface area contributed by atoms with Crippen LogP contribution in [0.3, 0.4) is 0 Å². The van der Waals surface area contributed by atoms with Crippen LogP contribution in [0.2, 0.25) is 0 Å². The molecule has 0 aliphatic heterocycles. The van der Waals surface area contributed by atoms with Gasteiger partial charge in [0.05, 0.1) is 20.1 Å². The lowest BCUT2D eigenvalue weighted by Gasteiger charge is -2.22. The molecule has 0 spiro atoms. The van der Waals surface area contributed by atoms with Crippen molar-refractivity contribution in [2.24, 2.45) is 0 Å². The zero-order valence-corrected chi connectivity index (χ0v) is 12.2. The van der Waals surface area contributed by atoms with Gasteiger partial charge >= 0.3 is 5.97 Å². The summed E-state index contributed by atoms with van der Waals surface area (Å²) in [5.41, 5.74) is 1.64. The third-order valence-electron chi connectivity index (χ3n) is 2.93. The van der Waals surface area contributed by atoms with Crippen molar-refractivity contribution < 1.29 is 19.1 Å². The summed E-state index contributed by atoms with van der Waals surface area (Å²) in [6.07, 6.45) is 0.178. The van der Waals surface area contributed by atoms with E-state index in [9.17, 15) is 9.59 Å². The number of hydrogen-bond donors (Lipinski definition) is 0. The summed E-state index contributed by atoms with van der Waals surface area (Å²) in [4.78, 5) is 25.2. The SMILES string of the molecule is COCCN(CCC(=O)OC)C(=O)c1cccc(C)c1. The number of ether oxygens (including phenoxy) is 2. The highest BCUT2D eigenvalue weighted by atomic mass is 16.5. The highest BCUT2D eigenvalue weighted by Gasteiger charge is 2.16. The molecule has 0 heterocycles. The zero-order valence-electron chi connectivity index (χ0n) is 12.2. The fourth-order valence-electron chi connectivity index (χ4n) is 1.81. The largest absolute Gasteiger partial charge is 0.469 e. The lowest BCUT2D eigenvalue weighted by atomic mass is 10.1. The predicted molar refractivity (Wildman–Crippen MR) is 75.6 cm³/mol. The molecule has 5 nitrogen and oxygen atoms in total. The lowest BCUT2D eigenvalue weighted by molar-refractivity contribution is -0.140. The van der Waals surface area contributed by atoms with E-state index in [1.54, 1.807) is 18.1 Å². The van der Waals surface area contributed by atoms with Gasteiger partial charge in [0.15, 0.2) is 0 Å². The van der Waals surface area contributed by atoms with Gasteiger partial charge in [-0.2, -0.15) is 0 Å². The minimum atomic E-state index is -0.329. The molecule has 0 aliphatic rings. The maximum Gasteiger partial charge on any atom is 0.307 e. The van der Waals surface area contributed by atoms with Crippen molar-refractivity contribution >= 4 is 11.9 Å². The van der Waals surface area contributed by atoms with Crippen LogP contribution in [0.25, 0.3) is 0 Å². The molecule has 1 amide bonds. The van der Waals surface area contributed by atoms with Crippen LogP contribution in [0.15, 0.2) is 24.3 Å². The summed E-state index contributed by atoms with van der Waals surface area (Å²) in [5.74, 6) is -0.431. The maximum atomic E-state index is 12.4. The van der Waals surface area contributed by atoms with Gasteiger partial charge in [-0.05, 0) is 19.1 Å². The third-order valence-corrected chi connectivity index (χ3v) is 2.93. The number of methoxy groups -OCH3 is 2. The van der Waals surface area contributed by atoms with Crippen LogP contribution < -0.4 is 0 Å². The summed E-state index contributed by atoms with van der Waals surface area (Å²) in [7, 11) is 2.92. The molecule has 0 saturated carbocycles. The number of hydrogen-bond acceptors (Lipinski definition) is 4. The van der Waals surface area contributed by atoms with E-state index >= 15 is 0 Å². The first kappa shape index (κ1) is 16.2. The number of nitrogens with zero attached hydrogens (tertiary/aromatic N) is 1. The van der Waals surface area contributed by atoms with Crippen LogP contribution >= 0.6 is 0 Å². The molecule has 5 heteroatoms. The second-order valence-electron chi connectivity index (χ2n) is 4.48. The van der Waals surface area contributed by atoms with Crippen molar-refractivity contribution in [2.45, 2.75) is 13.3 Å². The minimum absolute atomic E-state index is 0.102. The standard InChI is InChI=1S/C15H21NO4/c1-12-5-4-6-13(11-12)15(18)16(9-10-19-2)8-7-14(17)20-3/h4-6,11H,7-10H2,1-3H3. The number of benzene rings is 1. The highest BCUT2D eigenvalue weighted by molar-refractivity contribution is 5.94. The van der Waals surface area contributed by atoms with Crippen LogP contribution in [0.1, 0.15) is 22.3 Å². The molecule has 0 N–H and O–H groups in total. The number of rotatable bonds is 7. The van der Waals surface area contributed by atoms with Crippen molar-refractivity contribution in [3.8, 4) is 0 Å². The molecular formula is C15H21NO4. The van der Waals surface area contributed by atoms with Gasteiger partial charge in [0.25, 0.3) is 5.91 Å². The van der Waals surface area contributed by atoms with E-state index in [1.807, 2.05) is 25.1 Å². The van der Waals surface area contributed by atoms with Crippen molar-refractivity contribution in [1.82, 2.24) is 4.90 Å². The third kappa shape index (κ3) is 5.01. The van der Waals surface area contributed by atoms with Gasteiger partial charge in [-0.1, -0.05) is 17.7 Å². The Balaban J connectivity index is 2.75.